The van der Waals surface area contributed by atoms with Gasteiger partial charge in [-0.15, -0.1) is 0 Å². The van der Waals surface area contributed by atoms with Crippen LogP contribution in [0.5, 0.6) is 11.5 Å². The van der Waals surface area contributed by atoms with E-state index in [-0.39, 0.29) is 79.3 Å². The van der Waals surface area contributed by atoms with Crippen molar-refractivity contribution in [3.05, 3.63) is 80.8 Å². The Morgan fingerprint density at radius 3 is 1.37 bits per heavy atom. The number of hydrogen-bond donors (Lipinski definition) is 2. The van der Waals surface area contributed by atoms with E-state index in [0.717, 1.165) is 12.2 Å². The molecule has 2 amide bonds. The lowest BCUT2D eigenvalue weighted by Crippen LogP contribution is -2.32. The number of ether oxygens (including phenoxy) is 2. The predicted molar refractivity (Wildman–Crippen MR) is 148 cm³/mol. The van der Waals surface area contributed by atoms with Crippen LogP contribution in [0.2, 0.25) is 20.1 Å². The lowest BCUT2D eigenvalue weighted by atomic mass is 10.1. The van der Waals surface area contributed by atoms with Gasteiger partial charge in [-0.05, 0) is 49.3 Å². The average Bonchev–Trinajstić information content (AvgIpc) is 2.91. The smallest absolute Gasteiger partial charge is 0.257 e. The molecule has 0 aliphatic carbocycles. The number of nitrogens with one attached hydrogen (secondary N) is 2. The third-order valence-corrected chi connectivity index (χ3v) is 6.69. The molecule has 2 aromatic carbocycles. The molecular weight excluding hydrogens is 578 g/mol. The molecule has 0 aromatic heterocycles. The molecule has 0 unspecified atom stereocenters. The van der Waals surface area contributed by atoms with E-state index in [4.69, 9.17) is 55.9 Å². The molecule has 8 nitrogen and oxygen atoms in total. The maximum Gasteiger partial charge on any atom is 0.257 e. The first kappa shape index (κ1) is 31.2. The van der Waals surface area contributed by atoms with E-state index >= 15 is 0 Å². The van der Waals surface area contributed by atoms with E-state index < -0.39 is 0 Å². The Hall–Kier alpha value is -3.04. The Labute approximate surface area is 239 Å². The first-order valence-corrected chi connectivity index (χ1v) is 12.7. The minimum atomic E-state index is -0.382. The molecule has 0 fully saturated rings. The quantitative estimate of drug-likeness (QED) is 0.158. The fraction of sp³-hybridized carbons (Fsp3) is 0.231. The molecule has 0 atom stereocenters. The van der Waals surface area contributed by atoms with E-state index in [9.17, 15) is 19.2 Å². The van der Waals surface area contributed by atoms with Gasteiger partial charge < -0.3 is 20.1 Å². The molecule has 0 aliphatic rings. The van der Waals surface area contributed by atoms with Crippen molar-refractivity contribution < 1.29 is 28.7 Å². The number of unbranched alkanes of at least 4 members (excludes halogenated alkanes) is 1. The van der Waals surface area contributed by atoms with Crippen LogP contribution in [0.15, 0.2) is 49.6 Å². The molecule has 0 bridgehead atoms. The first-order chi connectivity index (χ1) is 18.1. The maximum atomic E-state index is 12.0. The van der Waals surface area contributed by atoms with Gasteiger partial charge in [0.2, 0.25) is 0 Å². The zero-order valence-electron chi connectivity index (χ0n) is 20.1. The van der Waals surface area contributed by atoms with E-state index in [2.05, 4.69) is 23.8 Å². The molecule has 202 valence electrons. The van der Waals surface area contributed by atoms with Gasteiger partial charge in [0.25, 0.3) is 11.8 Å². The molecule has 0 saturated carbocycles. The van der Waals surface area contributed by atoms with Gasteiger partial charge in [-0.3, -0.25) is 19.2 Å². The van der Waals surface area contributed by atoms with Crippen LogP contribution >= 0.6 is 46.4 Å². The van der Waals surface area contributed by atoms with Gasteiger partial charge in [0.1, 0.15) is 21.5 Å². The molecule has 0 aliphatic heterocycles. The summed E-state index contributed by atoms with van der Waals surface area (Å²) < 4.78 is 10.8. The number of hydrogen-bond acceptors (Lipinski definition) is 6. The Balaban J connectivity index is 1.65. The zero-order chi connectivity index (χ0) is 28.2. The van der Waals surface area contributed by atoms with Crippen molar-refractivity contribution in [2.75, 3.05) is 26.3 Å². The molecule has 2 aromatic rings. The number of rotatable bonds is 15. The van der Waals surface area contributed by atoms with Crippen molar-refractivity contribution in [2.24, 2.45) is 0 Å². The highest BCUT2D eigenvalue weighted by Crippen LogP contribution is 2.36. The fourth-order valence-electron chi connectivity index (χ4n) is 2.98. The molecule has 0 radical (unpaired) electrons. The summed E-state index contributed by atoms with van der Waals surface area (Å²) in [5.74, 6) is -1.18. The van der Waals surface area contributed by atoms with Crippen LogP contribution in [0.1, 0.15) is 33.6 Å². The van der Waals surface area contributed by atoms with Crippen LogP contribution < -0.4 is 20.1 Å². The molecule has 12 heteroatoms. The second-order valence-electron chi connectivity index (χ2n) is 7.60. The summed E-state index contributed by atoms with van der Waals surface area (Å²) in [6.07, 6.45) is 3.43. The first-order valence-electron chi connectivity index (χ1n) is 11.2. The number of carbonyl (C=O) groups excluding carboxylic acids is 4. The van der Waals surface area contributed by atoms with Crippen molar-refractivity contribution in [3.8, 4) is 11.5 Å². The monoisotopic (exact) mass is 600 g/mol. The number of amides is 2. The van der Waals surface area contributed by atoms with E-state index in [1.54, 1.807) is 0 Å². The number of halogens is 4. The summed E-state index contributed by atoms with van der Waals surface area (Å²) in [5, 5.41) is 5.46. The molecule has 0 saturated heterocycles. The zero-order valence-corrected chi connectivity index (χ0v) is 23.1. The van der Waals surface area contributed by atoms with Crippen molar-refractivity contribution in [2.45, 2.75) is 12.8 Å². The molecule has 0 spiro atoms. The van der Waals surface area contributed by atoms with Crippen LogP contribution in [0.4, 0.5) is 0 Å². The van der Waals surface area contributed by atoms with Gasteiger partial charge in [0.15, 0.2) is 24.8 Å². The lowest BCUT2D eigenvalue weighted by Gasteiger charge is -2.12. The van der Waals surface area contributed by atoms with Gasteiger partial charge in [-0.25, -0.2) is 0 Å². The van der Waals surface area contributed by atoms with Gasteiger partial charge >= 0.3 is 0 Å². The van der Waals surface area contributed by atoms with E-state index in [0.29, 0.717) is 25.9 Å². The summed E-state index contributed by atoms with van der Waals surface area (Å²) >= 11 is 24.4. The van der Waals surface area contributed by atoms with Crippen LogP contribution in [0.3, 0.4) is 0 Å². The normalized spacial score (nSPS) is 10.3. The van der Waals surface area contributed by atoms with Crippen molar-refractivity contribution >= 4 is 69.8 Å². The molecule has 38 heavy (non-hydrogen) atoms. The van der Waals surface area contributed by atoms with Crippen LogP contribution in [-0.4, -0.2) is 49.7 Å². The van der Waals surface area contributed by atoms with Crippen molar-refractivity contribution in [3.63, 3.8) is 0 Å². The lowest BCUT2D eigenvalue weighted by molar-refractivity contribution is -0.124. The SMILES string of the molecule is C=CC(=O)c1ccc(OCC(=O)NCCCCNC(=O)COc2ccc(C(=O)C=C)c(Cl)c2Cl)c(Cl)c1Cl. The standard InChI is InChI=1S/C26H24Cl4N2O6/c1-3-17(33)15-7-9-19(25(29)23(15)27)37-13-21(35)31-11-5-6-12-32-22(36)14-38-20-10-8-16(18(34)4-2)24(28)26(20)30/h3-4,7-10H,1-2,5-6,11-14H2,(H,31,35)(H,32,36). The largest absolute Gasteiger partial charge is 0.482 e. The number of benzene rings is 2. The van der Waals surface area contributed by atoms with Crippen molar-refractivity contribution in [1.29, 1.82) is 0 Å². The summed E-state index contributed by atoms with van der Waals surface area (Å²) in [6.45, 7) is 6.92. The molecule has 0 heterocycles. The third-order valence-electron chi connectivity index (χ3n) is 4.96. The minimum absolute atomic E-state index is 0.0201. The predicted octanol–water partition coefficient (Wildman–Crippen LogP) is 5.51. The fourth-order valence-corrected chi connectivity index (χ4v) is 3.92. The Bertz CT molecular complexity index is 1150. The van der Waals surface area contributed by atoms with E-state index in [1.165, 1.54) is 24.3 Å². The summed E-state index contributed by atoms with van der Waals surface area (Å²) in [6, 6.07) is 5.78. The highest BCUT2D eigenvalue weighted by molar-refractivity contribution is 6.45. The summed E-state index contributed by atoms with van der Waals surface area (Å²) in [4.78, 5) is 47.5. The third kappa shape index (κ3) is 8.77. The Morgan fingerprint density at radius 2 is 1.03 bits per heavy atom. The minimum Gasteiger partial charge on any atom is -0.482 e. The van der Waals surface area contributed by atoms with E-state index in [1.807, 2.05) is 0 Å². The highest BCUT2D eigenvalue weighted by Gasteiger charge is 2.17. The molecule has 2 rings (SSSR count). The van der Waals surface area contributed by atoms with Gasteiger partial charge in [-0.1, -0.05) is 59.6 Å². The van der Waals surface area contributed by atoms with Crippen molar-refractivity contribution in [1.82, 2.24) is 10.6 Å². The van der Waals surface area contributed by atoms with Gasteiger partial charge in [0.05, 0.1) is 10.0 Å². The topological polar surface area (TPSA) is 111 Å². The van der Waals surface area contributed by atoms with Crippen LogP contribution in [0, 0.1) is 0 Å². The van der Waals surface area contributed by atoms with Gasteiger partial charge in [-0.2, -0.15) is 0 Å². The second-order valence-corrected chi connectivity index (χ2v) is 9.11. The second kappa shape index (κ2) is 15.4. The number of allylic oxidation sites excluding steroid dienone is 2. The number of ketones is 2. The van der Waals surface area contributed by atoms with Gasteiger partial charge in [0, 0.05) is 24.2 Å². The summed E-state index contributed by atoms with van der Waals surface area (Å²) in [7, 11) is 0. The van der Waals surface area contributed by atoms with Crippen LogP contribution in [0.25, 0.3) is 0 Å². The maximum absolute atomic E-state index is 12.0. The summed E-state index contributed by atoms with van der Waals surface area (Å²) in [5.41, 5.74) is 0.372. The Kier molecular flexibility index (Phi) is 12.6. The average molecular weight is 602 g/mol. The molecule has 2 N–H and O–H groups in total. The highest BCUT2D eigenvalue weighted by atomic mass is 35.5. The molecular formula is C26H24Cl4N2O6. The van der Waals surface area contributed by atoms with Crippen LogP contribution in [-0.2, 0) is 9.59 Å². The number of carbonyl (C=O) groups is 4. The Morgan fingerprint density at radius 1 is 0.658 bits per heavy atom.